The van der Waals surface area contributed by atoms with Gasteiger partial charge in [0.2, 0.25) is 0 Å². The normalized spacial score (nSPS) is 14.7. The van der Waals surface area contributed by atoms with Gasteiger partial charge in [-0.1, -0.05) is 28.1 Å². The first-order valence-corrected chi connectivity index (χ1v) is 9.76. The number of hydrogen-bond donors (Lipinski definition) is 0. The molecule has 0 unspecified atom stereocenters. The van der Waals surface area contributed by atoms with Crippen molar-refractivity contribution in [2.45, 2.75) is 18.7 Å². The third-order valence-corrected chi connectivity index (χ3v) is 6.69. The molecule has 7 heteroatoms. The zero-order chi connectivity index (χ0) is 17.6. The van der Waals surface area contributed by atoms with Crippen molar-refractivity contribution >= 4 is 37.3 Å². The molecular weight excluding hydrogens is 395 g/mol. The van der Waals surface area contributed by atoms with Crippen molar-refractivity contribution in [1.29, 1.82) is 0 Å². The third kappa shape index (κ3) is 2.69. The number of para-hydroxylation sites is 1. The Labute approximate surface area is 150 Å². The van der Waals surface area contributed by atoms with Crippen molar-refractivity contribution in [1.82, 2.24) is 0 Å². The van der Waals surface area contributed by atoms with Crippen LogP contribution in [-0.2, 0) is 10.0 Å². The van der Waals surface area contributed by atoms with Crippen LogP contribution in [0.4, 0.5) is 15.8 Å². The van der Waals surface area contributed by atoms with Gasteiger partial charge in [-0.25, -0.2) is 12.8 Å². The van der Waals surface area contributed by atoms with Crippen LogP contribution in [-0.4, -0.2) is 28.6 Å². The van der Waals surface area contributed by atoms with E-state index in [0.717, 1.165) is 11.3 Å². The molecule has 0 saturated heterocycles. The SMILES string of the molecule is Cc1cccc2c1N(S(=O)(=O)c1c(C)cc(Br)cc1F)CCN2C. The highest BCUT2D eigenvalue weighted by molar-refractivity contribution is 9.10. The lowest BCUT2D eigenvalue weighted by molar-refractivity contribution is 0.560. The molecule has 1 aliphatic heterocycles. The molecule has 0 spiro atoms. The van der Waals surface area contributed by atoms with Crippen molar-refractivity contribution in [3.05, 3.63) is 51.7 Å². The van der Waals surface area contributed by atoms with Crippen molar-refractivity contribution < 1.29 is 12.8 Å². The Morgan fingerprint density at radius 1 is 1.12 bits per heavy atom. The standard InChI is InChI=1S/C17H18BrFN2O2S/c1-11-5-4-6-15-16(11)21(8-7-20(15)3)24(22,23)17-12(2)9-13(18)10-14(17)19/h4-6,9-10H,7-8H2,1-3H3. The first-order valence-electron chi connectivity index (χ1n) is 7.52. The van der Waals surface area contributed by atoms with Gasteiger partial charge in [-0.05, 0) is 43.2 Å². The van der Waals surface area contributed by atoms with Gasteiger partial charge >= 0.3 is 0 Å². The van der Waals surface area contributed by atoms with E-state index >= 15 is 0 Å². The molecule has 4 nitrogen and oxygen atoms in total. The highest BCUT2D eigenvalue weighted by Crippen LogP contribution is 2.39. The van der Waals surface area contributed by atoms with E-state index in [1.165, 1.54) is 10.4 Å². The minimum absolute atomic E-state index is 0.260. The monoisotopic (exact) mass is 412 g/mol. The molecule has 1 heterocycles. The molecule has 3 rings (SSSR count). The second-order valence-electron chi connectivity index (χ2n) is 5.98. The van der Waals surface area contributed by atoms with Crippen molar-refractivity contribution in [2.24, 2.45) is 0 Å². The molecule has 1 aliphatic rings. The highest BCUT2D eigenvalue weighted by Gasteiger charge is 2.34. The summed E-state index contributed by atoms with van der Waals surface area (Å²) in [7, 11) is -2.06. The Morgan fingerprint density at radius 2 is 1.83 bits per heavy atom. The summed E-state index contributed by atoms with van der Waals surface area (Å²) in [6.45, 7) is 4.30. The maximum absolute atomic E-state index is 14.5. The van der Waals surface area contributed by atoms with E-state index < -0.39 is 15.8 Å². The molecule has 0 radical (unpaired) electrons. The predicted molar refractivity (Wildman–Crippen MR) is 97.8 cm³/mol. The molecule has 0 N–H and O–H groups in total. The fourth-order valence-electron chi connectivity index (χ4n) is 3.12. The lowest BCUT2D eigenvalue weighted by atomic mass is 10.1. The van der Waals surface area contributed by atoms with Gasteiger partial charge in [-0.15, -0.1) is 0 Å². The summed E-state index contributed by atoms with van der Waals surface area (Å²) in [4.78, 5) is 1.75. The lowest BCUT2D eigenvalue weighted by Gasteiger charge is -2.37. The number of nitrogens with zero attached hydrogens (tertiary/aromatic N) is 2. The van der Waals surface area contributed by atoms with Crippen molar-refractivity contribution in [2.75, 3.05) is 29.3 Å². The summed E-state index contributed by atoms with van der Waals surface area (Å²) >= 11 is 3.20. The average Bonchev–Trinajstić information content (AvgIpc) is 2.46. The lowest BCUT2D eigenvalue weighted by Crippen LogP contribution is -2.43. The van der Waals surface area contributed by atoms with E-state index in [0.29, 0.717) is 22.3 Å². The van der Waals surface area contributed by atoms with E-state index in [1.54, 1.807) is 13.0 Å². The van der Waals surface area contributed by atoms with E-state index in [2.05, 4.69) is 15.9 Å². The second kappa shape index (κ2) is 6.04. The molecule has 0 amide bonds. The van der Waals surface area contributed by atoms with Gasteiger partial charge in [0.25, 0.3) is 10.0 Å². The maximum Gasteiger partial charge on any atom is 0.267 e. The Balaban J connectivity index is 2.22. The van der Waals surface area contributed by atoms with Gasteiger partial charge in [0.05, 0.1) is 17.9 Å². The molecule has 0 saturated carbocycles. The van der Waals surface area contributed by atoms with E-state index in [9.17, 15) is 12.8 Å². The minimum atomic E-state index is -3.99. The van der Waals surface area contributed by atoms with Gasteiger partial charge in [0.15, 0.2) is 0 Å². The average molecular weight is 413 g/mol. The molecule has 2 aromatic carbocycles. The second-order valence-corrected chi connectivity index (χ2v) is 8.69. The summed E-state index contributed by atoms with van der Waals surface area (Å²) in [5.74, 6) is -0.740. The fourth-order valence-corrected chi connectivity index (χ4v) is 5.45. The maximum atomic E-state index is 14.5. The van der Waals surface area contributed by atoms with Crippen LogP contribution < -0.4 is 9.21 Å². The molecule has 24 heavy (non-hydrogen) atoms. The molecule has 0 aliphatic carbocycles. The van der Waals surface area contributed by atoms with Crippen LogP contribution >= 0.6 is 15.9 Å². The van der Waals surface area contributed by atoms with Gasteiger partial charge < -0.3 is 4.90 Å². The zero-order valence-corrected chi connectivity index (χ0v) is 16.1. The summed E-state index contributed by atoms with van der Waals surface area (Å²) in [6, 6.07) is 8.45. The summed E-state index contributed by atoms with van der Waals surface area (Å²) < 4.78 is 42.7. The first kappa shape index (κ1) is 17.2. The fraction of sp³-hybridized carbons (Fsp3) is 0.294. The van der Waals surface area contributed by atoms with Crippen molar-refractivity contribution in [3.63, 3.8) is 0 Å². The number of rotatable bonds is 2. The Kier molecular flexibility index (Phi) is 4.34. The van der Waals surface area contributed by atoms with E-state index in [1.807, 2.05) is 37.1 Å². The number of fused-ring (bicyclic) bond motifs is 1. The van der Waals surface area contributed by atoms with Crippen LogP contribution in [0.1, 0.15) is 11.1 Å². The number of aryl methyl sites for hydroxylation is 2. The number of benzene rings is 2. The van der Waals surface area contributed by atoms with Crippen LogP contribution in [0.15, 0.2) is 39.7 Å². The van der Waals surface area contributed by atoms with Gasteiger partial charge in [0.1, 0.15) is 10.7 Å². The van der Waals surface area contributed by atoms with Crippen molar-refractivity contribution in [3.8, 4) is 0 Å². The molecule has 0 atom stereocenters. The minimum Gasteiger partial charge on any atom is -0.371 e. The number of halogens is 2. The number of hydrogen-bond acceptors (Lipinski definition) is 3. The van der Waals surface area contributed by atoms with Gasteiger partial charge in [-0.2, -0.15) is 0 Å². The molecule has 0 bridgehead atoms. The smallest absolute Gasteiger partial charge is 0.267 e. The van der Waals surface area contributed by atoms with Gasteiger partial charge in [-0.3, -0.25) is 4.31 Å². The molecule has 128 valence electrons. The van der Waals surface area contributed by atoms with Crippen LogP contribution in [0, 0.1) is 19.7 Å². The Hall–Kier alpha value is -1.60. The van der Waals surface area contributed by atoms with E-state index in [-0.39, 0.29) is 11.4 Å². The van der Waals surface area contributed by atoms with E-state index in [4.69, 9.17) is 0 Å². The van der Waals surface area contributed by atoms with Crippen LogP contribution in [0.5, 0.6) is 0 Å². The number of anilines is 2. The number of likely N-dealkylation sites (N-methyl/N-ethyl adjacent to an activating group) is 1. The molecule has 2 aromatic rings. The summed E-state index contributed by atoms with van der Waals surface area (Å²) in [6.07, 6.45) is 0. The Morgan fingerprint density at radius 3 is 2.50 bits per heavy atom. The molecule has 0 aromatic heterocycles. The summed E-state index contributed by atoms with van der Waals surface area (Å²) in [5, 5.41) is 0. The highest BCUT2D eigenvalue weighted by atomic mass is 79.9. The first-order chi connectivity index (χ1) is 11.2. The Bertz CT molecular complexity index is 892. The topological polar surface area (TPSA) is 40.6 Å². The van der Waals surface area contributed by atoms with Crippen LogP contribution in [0.25, 0.3) is 0 Å². The number of sulfonamides is 1. The third-order valence-electron chi connectivity index (χ3n) is 4.26. The molecular formula is C17H18BrFN2O2S. The zero-order valence-electron chi connectivity index (χ0n) is 13.7. The van der Waals surface area contributed by atoms with Crippen LogP contribution in [0.3, 0.4) is 0 Å². The quantitative estimate of drug-likeness (QED) is 0.751. The molecule has 0 fully saturated rings. The summed E-state index contributed by atoms with van der Waals surface area (Å²) in [5.41, 5.74) is 2.68. The van der Waals surface area contributed by atoms with Crippen LogP contribution in [0.2, 0.25) is 0 Å². The van der Waals surface area contributed by atoms with Gasteiger partial charge in [0, 0.05) is 18.1 Å². The largest absolute Gasteiger partial charge is 0.371 e. The predicted octanol–water partition coefficient (Wildman–Crippen LogP) is 3.85.